The summed E-state index contributed by atoms with van der Waals surface area (Å²) in [6, 6.07) is 2.00. The van der Waals surface area contributed by atoms with Gasteiger partial charge in [0.05, 0.1) is 5.69 Å². The summed E-state index contributed by atoms with van der Waals surface area (Å²) >= 11 is 0. The van der Waals surface area contributed by atoms with Gasteiger partial charge in [-0.3, -0.25) is 9.48 Å². The molecular formula is C12H17N3O. The van der Waals surface area contributed by atoms with Gasteiger partial charge in [0.2, 0.25) is 0 Å². The largest absolute Gasteiger partial charge is 0.324 e. The average Bonchev–Trinajstić information content (AvgIpc) is 2.74. The topological polar surface area (TPSA) is 60.9 Å². The van der Waals surface area contributed by atoms with Gasteiger partial charge in [-0.2, -0.15) is 5.10 Å². The second kappa shape index (κ2) is 4.22. The van der Waals surface area contributed by atoms with Crippen LogP contribution in [0.15, 0.2) is 18.2 Å². The van der Waals surface area contributed by atoms with Crippen molar-refractivity contribution in [2.75, 3.05) is 0 Å². The van der Waals surface area contributed by atoms with Gasteiger partial charge < -0.3 is 5.73 Å². The quantitative estimate of drug-likeness (QED) is 0.763. The second-order valence-corrected chi connectivity index (χ2v) is 4.43. The van der Waals surface area contributed by atoms with Gasteiger partial charge in [-0.25, -0.2) is 0 Å². The number of carbonyl (C=O) groups is 1. The predicted octanol–water partition coefficient (Wildman–Crippen LogP) is 0.744. The number of carbonyl (C=O) groups excluding carboxylic acids is 1. The Kier molecular flexibility index (Phi) is 2.92. The van der Waals surface area contributed by atoms with E-state index in [0.29, 0.717) is 6.42 Å². The van der Waals surface area contributed by atoms with Crippen LogP contribution in [0.3, 0.4) is 0 Å². The van der Waals surface area contributed by atoms with Crippen LogP contribution in [0.2, 0.25) is 0 Å². The Bertz CT molecular complexity index is 433. The summed E-state index contributed by atoms with van der Waals surface area (Å²) in [7, 11) is 1.87. The summed E-state index contributed by atoms with van der Waals surface area (Å²) in [5.41, 5.74) is 7.65. The lowest BCUT2D eigenvalue weighted by Gasteiger charge is -2.08. The van der Waals surface area contributed by atoms with Crippen molar-refractivity contribution in [3.05, 3.63) is 29.6 Å². The highest BCUT2D eigenvalue weighted by atomic mass is 16.1. The van der Waals surface area contributed by atoms with Crippen LogP contribution in [0.25, 0.3) is 0 Å². The van der Waals surface area contributed by atoms with Gasteiger partial charge in [-0.05, 0) is 19.4 Å². The Morgan fingerprint density at radius 3 is 2.88 bits per heavy atom. The van der Waals surface area contributed by atoms with Gasteiger partial charge in [0.1, 0.15) is 5.78 Å². The minimum atomic E-state index is -0.00907. The molecule has 2 N–H and O–H groups in total. The lowest BCUT2D eigenvalue weighted by Crippen LogP contribution is -2.20. The van der Waals surface area contributed by atoms with Crippen LogP contribution in [0.5, 0.6) is 0 Å². The zero-order valence-corrected chi connectivity index (χ0v) is 9.68. The van der Waals surface area contributed by atoms with Gasteiger partial charge >= 0.3 is 0 Å². The van der Waals surface area contributed by atoms with Gasteiger partial charge in [-0.15, -0.1) is 0 Å². The summed E-state index contributed by atoms with van der Waals surface area (Å²) in [5, 5.41) is 4.23. The summed E-state index contributed by atoms with van der Waals surface area (Å²) in [6.07, 6.45) is 5.03. The Labute approximate surface area is 95.1 Å². The van der Waals surface area contributed by atoms with Crippen LogP contribution in [-0.4, -0.2) is 21.6 Å². The van der Waals surface area contributed by atoms with E-state index in [-0.39, 0.29) is 17.7 Å². The Morgan fingerprint density at radius 1 is 1.62 bits per heavy atom. The minimum Gasteiger partial charge on any atom is -0.324 e. The molecular weight excluding hydrogens is 202 g/mol. The van der Waals surface area contributed by atoms with Gasteiger partial charge in [-0.1, -0.05) is 12.2 Å². The van der Waals surface area contributed by atoms with E-state index in [1.54, 1.807) is 4.68 Å². The molecule has 1 heterocycles. The molecule has 0 amide bonds. The number of aromatic nitrogens is 2. The molecule has 2 rings (SSSR count). The highest BCUT2D eigenvalue weighted by molar-refractivity contribution is 5.85. The molecule has 0 spiro atoms. The molecule has 4 heteroatoms. The first kappa shape index (κ1) is 11.1. The summed E-state index contributed by atoms with van der Waals surface area (Å²) in [5.74, 6) is 0.220. The zero-order valence-electron chi connectivity index (χ0n) is 9.68. The normalized spacial score (nSPS) is 23.9. The second-order valence-electron chi connectivity index (χ2n) is 4.43. The van der Waals surface area contributed by atoms with Crippen molar-refractivity contribution in [3.8, 4) is 0 Å². The van der Waals surface area contributed by atoms with Crippen molar-refractivity contribution in [2.45, 2.75) is 25.8 Å². The molecule has 0 fully saturated rings. The number of rotatable bonds is 3. The van der Waals surface area contributed by atoms with E-state index in [1.807, 2.05) is 32.2 Å². The maximum absolute atomic E-state index is 12.0. The van der Waals surface area contributed by atoms with E-state index in [0.717, 1.165) is 17.8 Å². The molecule has 2 unspecified atom stereocenters. The number of nitrogens with zero attached hydrogens (tertiary/aromatic N) is 2. The molecule has 0 saturated heterocycles. The van der Waals surface area contributed by atoms with E-state index < -0.39 is 0 Å². The molecule has 1 aromatic rings. The number of Topliss-reactive ketones (excluding diaryl/α,β-unsaturated/α-hetero) is 1. The van der Waals surface area contributed by atoms with E-state index in [2.05, 4.69) is 5.10 Å². The number of aryl methyl sites for hydroxylation is 2. The maximum atomic E-state index is 12.0. The number of nitrogens with two attached hydrogens (primary N) is 1. The van der Waals surface area contributed by atoms with Crippen molar-refractivity contribution >= 4 is 5.78 Å². The fourth-order valence-corrected chi connectivity index (χ4v) is 2.11. The first-order valence-electron chi connectivity index (χ1n) is 5.52. The minimum absolute atomic E-state index is 0.00907. The molecule has 16 heavy (non-hydrogen) atoms. The number of hydrogen-bond acceptors (Lipinski definition) is 3. The average molecular weight is 219 g/mol. The molecule has 2 atom stereocenters. The summed E-state index contributed by atoms with van der Waals surface area (Å²) < 4.78 is 1.77. The Hall–Kier alpha value is -1.42. The predicted molar refractivity (Wildman–Crippen MR) is 61.9 cm³/mol. The Balaban J connectivity index is 2.03. The smallest absolute Gasteiger partial charge is 0.145 e. The standard InChI is InChI=1S/C12H17N3O/c1-8-5-11(15(2)14-8)7-12(16)9-3-4-10(13)6-9/h3-5,9-10H,6-7,13H2,1-2H3. The van der Waals surface area contributed by atoms with Crippen molar-refractivity contribution in [1.29, 1.82) is 0 Å². The van der Waals surface area contributed by atoms with Crippen LogP contribution in [-0.2, 0) is 18.3 Å². The fraction of sp³-hybridized carbons (Fsp3) is 0.500. The van der Waals surface area contributed by atoms with Gasteiger partial charge in [0, 0.05) is 31.1 Å². The first-order valence-corrected chi connectivity index (χ1v) is 5.52. The van der Waals surface area contributed by atoms with Crippen LogP contribution in [0.1, 0.15) is 17.8 Å². The molecule has 1 aromatic heterocycles. The van der Waals surface area contributed by atoms with Crippen molar-refractivity contribution in [3.63, 3.8) is 0 Å². The molecule has 0 aromatic carbocycles. The third-order valence-electron chi connectivity index (χ3n) is 2.98. The lowest BCUT2D eigenvalue weighted by molar-refractivity contribution is -0.121. The van der Waals surface area contributed by atoms with E-state index in [1.165, 1.54) is 0 Å². The summed E-state index contributed by atoms with van der Waals surface area (Å²) in [4.78, 5) is 12.0. The van der Waals surface area contributed by atoms with E-state index >= 15 is 0 Å². The molecule has 86 valence electrons. The van der Waals surface area contributed by atoms with Crippen molar-refractivity contribution in [2.24, 2.45) is 18.7 Å². The van der Waals surface area contributed by atoms with E-state index in [9.17, 15) is 4.79 Å². The Morgan fingerprint density at radius 2 is 2.38 bits per heavy atom. The van der Waals surface area contributed by atoms with Crippen LogP contribution in [0.4, 0.5) is 0 Å². The van der Waals surface area contributed by atoms with Gasteiger partial charge in [0.15, 0.2) is 0 Å². The molecule has 0 radical (unpaired) electrons. The molecule has 4 nitrogen and oxygen atoms in total. The number of allylic oxidation sites excluding steroid dienone is 1. The zero-order chi connectivity index (χ0) is 11.7. The highest BCUT2D eigenvalue weighted by Crippen LogP contribution is 2.19. The molecule has 1 aliphatic carbocycles. The monoisotopic (exact) mass is 219 g/mol. The molecule has 0 saturated carbocycles. The van der Waals surface area contributed by atoms with Crippen LogP contribution in [0, 0.1) is 12.8 Å². The maximum Gasteiger partial charge on any atom is 0.145 e. The summed E-state index contributed by atoms with van der Waals surface area (Å²) in [6.45, 7) is 1.93. The molecule has 1 aliphatic rings. The molecule has 0 aliphatic heterocycles. The third kappa shape index (κ3) is 2.22. The lowest BCUT2D eigenvalue weighted by atomic mass is 9.99. The van der Waals surface area contributed by atoms with Crippen LogP contribution < -0.4 is 5.73 Å². The van der Waals surface area contributed by atoms with Crippen molar-refractivity contribution in [1.82, 2.24) is 9.78 Å². The number of hydrogen-bond donors (Lipinski definition) is 1. The molecule has 0 bridgehead atoms. The highest BCUT2D eigenvalue weighted by Gasteiger charge is 2.23. The first-order chi connectivity index (χ1) is 7.56. The van der Waals surface area contributed by atoms with E-state index in [4.69, 9.17) is 5.73 Å². The fourth-order valence-electron chi connectivity index (χ4n) is 2.11. The van der Waals surface area contributed by atoms with Crippen molar-refractivity contribution < 1.29 is 4.79 Å². The van der Waals surface area contributed by atoms with Crippen LogP contribution >= 0.6 is 0 Å². The third-order valence-corrected chi connectivity index (χ3v) is 2.98. The number of ketones is 1. The van der Waals surface area contributed by atoms with Gasteiger partial charge in [0.25, 0.3) is 0 Å². The SMILES string of the molecule is Cc1cc(CC(=O)C2C=CC(N)C2)n(C)n1.